The molecule has 152 valence electrons. The first-order valence-corrected chi connectivity index (χ1v) is 9.63. The molecular weight excluding hydrogens is 382 g/mol. The number of benzene rings is 1. The van der Waals surface area contributed by atoms with Crippen molar-refractivity contribution in [3.63, 3.8) is 0 Å². The van der Waals surface area contributed by atoms with Crippen molar-refractivity contribution in [2.75, 3.05) is 12.4 Å². The van der Waals surface area contributed by atoms with E-state index in [9.17, 15) is 14.4 Å². The van der Waals surface area contributed by atoms with E-state index < -0.39 is 11.5 Å². The number of rotatable bonds is 4. The van der Waals surface area contributed by atoms with Crippen LogP contribution in [0.1, 0.15) is 50.0 Å². The van der Waals surface area contributed by atoms with Crippen LogP contribution >= 0.6 is 0 Å². The number of Topliss-reactive ketones (excluding diaryl/α,β-unsaturated/α-hetero) is 1. The van der Waals surface area contributed by atoms with Crippen molar-refractivity contribution >= 4 is 17.5 Å². The maximum Gasteiger partial charge on any atom is 0.262 e. The van der Waals surface area contributed by atoms with E-state index >= 15 is 0 Å². The molecule has 1 aromatic carbocycles. The van der Waals surface area contributed by atoms with Gasteiger partial charge in [0, 0.05) is 23.4 Å². The van der Waals surface area contributed by atoms with Crippen LogP contribution in [0, 0.1) is 6.92 Å². The average molecular weight is 403 g/mol. The fourth-order valence-electron chi connectivity index (χ4n) is 3.71. The highest BCUT2D eigenvalue weighted by atomic mass is 16.5. The number of ether oxygens (including phenoxy) is 1. The Kier molecular flexibility index (Phi) is 5.18. The van der Waals surface area contributed by atoms with Gasteiger partial charge in [-0.3, -0.25) is 14.4 Å². The summed E-state index contributed by atoms with van der Waals surface area (Å²) in [4.78, 5) is 44.9. The van der Waals surface area contributed by atoms with Gasteiger partial charge in [-0.15, -0.1) is 0 Å². The molecule has 3 aromatic rings. The van der Waals surface area contributed by atoms with E-state index in [0.29, 0.717) is 29.9 Å². The summed E-state index contributed by atoms with van der Waals surface area (Å²) in [6.07, 6.45) is 0.829. The highest BCUT2D eigenvalue weighted by molar-refractivity contribution is 6.06. The fourth-order valence-corrected chi connectivity index (χ4v) is 3.71. The minimum atomic E-state index is -0.595. The number of ketones is 1. The summed E-state index contributed by atoms with van der Waals surface area (Å²) in [5.41, 5.74) is 2.06. The molecule has 0 spiro atoms. The molecule has 0 bridgehead atoms. The molecule has 0 saturated heterocycles. The molecule has 7 nitrogen and oxygen atoms in total. The molecule has 0 radical (unpaired) electrons. The molecule has 2 heterocycles. The molecule has 0 saturated carbocycles. The van der Waals surface area contributed by atoms with Crippen molar-refractivity contribution in [3.8, 4) is 5.75 Å². The van der Waals surface area contributed by atoms with Crippen LogP contribution in [-0.4, -0.2) is 28.8 Å². The smallest absolute Gasteiger partial charge is 0.262 e. The molecule has 1 aliphatic carbocycles. The number of pyridine rings is 2. The number of aryl methyl sites for hydroxylation is 1. The molecular formula is C23H21N3O4. The Hall–Kier alpha value is -3.74. The Labute approximate surface area is 173 Å². The SMILES string of the molecule is COc1ccc([C@H]2CC(=O)c3cc(C(=O)Nc4cccc(C)n4)c(=O)[nH]c3C2)cc1. The minimum Gasteiger partial charge on any atom is -0.497 e. The lowest BCUT2D eigenvalue weighted by Crippen LogP contribution is -2.29. The molecule has 7 heteroatoms. The summed E-state index contributed by atoms with van der Waals surface area (Å²) >= 11 is 0. The van der Waals surface area contributed by atoms with Gasteiger partial charge in [0.25, 0.3) is 11.5 Å². The Morgan fingerprint density at radius 2 is 1.90 bits per heavy atom. The van der Waals surface area contributed by atoms with Crippen molar-refractivity contribution in [1.82, 2.24) is 9.97 Å². The summed E-state index contributed by atoms with van der Waals surface area (Å²) in [5.74, 6) is 0.359. The Balaban J connectivity index is 1.60. The summed E-state index contributed by atoms with van der Waals surface area (Å²) < 4.78 is 5.18. The molecule has 2 N–H and O–H groups in total. The number of anilines is 1. The van der Waals surface area contributed by atoms with Crippen molar-refractivity contribution in [2.24, 2.45) is 0 Å². The van der Waals surface area contributed by atoms with Gasteiger partial charge in [0.1, 0.15) is 17.1 Å². The highest BCUT2D eigenvalue weighted by Gasteiger charge is 2.29. The summed E-state index contributed by atoms with van der Waals surface area (Å²) in [6, 6.07) is 14.2. The van der Waals surface area contributed by atoms with Crippen molar-refractivity contribution in [3.05, 3.63) is 87.0 Å². The predicted octanol–water partition coefficient (Wildman–Crippen LogP) is 3.25. The third kappa shape index (κ3) is 3.87. The Bertz CT molecular complexity index is 1180. The zero-order valence-electron chi connectivity index (χ0n) is 16.7. The first-order chi connectivity index (χ1) is 14.4. The number of nitrogens with one attached hydrogen (secondary N) is 2. The van der Waals surface area contributed by atoms with Crippen LogP contribution in [0.3, 0.4) is 0 Å². The molecule has 0 fully saturated rings. The molecule has 1 amide bonds. The number of aromatic nitrogens is 2. The maximum atomic E-state index is 12.8. The third-order valence-corrected chi connectivity index (χ3v) is 5.27. The normalized spacial score (nSPS) is 15.4. The predicted molar refractivity (Wildman–Crippen MR) is 112 cm³/mol. The van der Waals surface area contributed by atoms with Gasteiger partial charge in [-0.25, -0.2) is 4.98 Å². The number of aromatic amines is 1. The first kappa shape index (κ1) is 19.6. The minimum absolute atomic E-state index is 0.0391. The Morgan fingerprint density at radius 3 is 2.60 bits per heavy atom. The number of hydrogen-bond donors (Lipinski definition) is 2. The fraction of sp³-hybridized carbons (Fsp3) is 0.217. The molecule has 1 atom stereocenters. The third-order valence-electron chi connectivity index (χ3n) is 5.27. The second kappa shape index (κ2) is 7.94. The van der Waals surface area contributed by atoms with Gasteiger partial charge in [-0.1, -0.05) is 18.2 Å². The largest absolute Gasteiger partial charge is 0.497 e. The zero-order chi connectivity index (χ0) is 21.3. The number of H-pyrrole nitrogens is 1. The second-order valence-electron chi connectivity index (χ2n) is 7.32. The van der Waals surface area contributed by atoms with Crippen LogP contribution in [0.2, 0.25) is 0 Å². The van der Waals surface area contributed by atoms with E-state index in [1.165, 1.54) is 6.07 Å². The molecule has 0 aliphatic heterocycles. The Morgan fingerprint density at radius 1 is 1.13 bits per heavy atom. The number of carbonyl (C=O) groups excluding carboxylic acids is 2. The zero-order valence-corrected chi connectivity index (χ0v) is 16.7. The van der Waals surface area contributed by atoms with E-state index in [-0.39, 0.29) is 17.3 Å². The molecule has 0 unspecified atom stereocenters. The van der Waals surface area contributed by atoms with Gasteiger partial charge in [0.15, 0.2) is 5.78 Å². The lowest BCUT2D eigenvalue weighted by Gasteiger charge is -2.24. The molecule has 30 heavy (non-hydrogen) atoms. The summed E-state index contributed by atoms with van der Waals surface area (Å²) in [5, 5.41) is 2.61. The maximum absolute atomic E-state index is 12.8. The van der Waals surface area contributed by atoms with Gasteiger partial charge < -0.3 is 15.0 Å². The quantitative estimate of drug-likeness (QED) is 0.696. The van der Waals surface area contributed by atoms with Crippen LogP contribution in [-0.2, 0) is 6.42 Å². The lowest BCUT2D eigenvalue weighted by molar-refractivity contribution is 0.0963. The van der Waals surface area contributed by atoms with E-state index in [2.05, 4.69) is 15.3 Å². The summed E-state index contributed by atoms with van der Waals surface area (Å²) in [7, 11) is 1.60. The van der Waals surface area contributed by atoms with Crippen molar-refractivity contribution in [2.45, 2.75) is 25.7 Å². The van der Waals surface area contributed by atoms with Crippen LogP contribution in [0.15, 0.2) is 53.3 Å². The van der Waals surface area contributed by atoms with Gasteiger partial charge in [-0.2, -0.15) is 0 Å². The first-order valence-electron chi connectivity index (χ1n) is 9.63. The number of fused-ring (bicyclic) bond motifs is 1. The molecule has 1 aliphatic rings. The number of hydrogen-bond acceptors (Lipinski definition) is 5. The van der Waals surface area contributed by atoms with Crippen molar-refractivity contribution < 1.29 is 14.3 Å². The van der Waals surface area contributed by atoms with E-state index in [1.807, 2.05) is 24.3 Å². The number of carbonyl (C=O) groups is 2. The van der Waals surface area contributed by atoms with E-state index in [1.54, 1.807) is 32.2 Å². The summed E-state index contributed by atoms with van der Waals surface area (Å²) in [6.45, 7) is 1.80. The molecule has 2 aromatic heterocycles. The van der Waals surface area contributed by atoms with Gasteiger partial charge in [0.2, 0.25) is 0 Å². The standard InChI is InChI=1S/C23H21N3O4/c1-13-4-3-5-21(24-13)26-23(29)18-12-17-19(25-22(18)28)10-15(11-20(17)27)14-6-8-16(30-2)9-7-14/h3-9,12,15H,10-11H2,1-2H3,(H,25,28)(H,24,26,29)/t15-/m1/s1. The number of methoxy groups -OCH3 is 1. The highest BCUT2D eigenvalue weighted by Crippen LogP contribution is 2.32. The van der Waals surface area contributed by atoms with Crippen LogP contribution < -0.4 is 15.6 Å². The van der Waals surface area contributed by atoms with Crippen molar-refractivity contribution in [1.29, 1.82) is 0 Å². The monoisotopic (exact) mass is 403 g/mol. The molecule has 4 rings (SSSR count). The van der Waals surface area contributed by atoms with Crippen LogP contribution in [0.4, 0.5) is 5.82 Å². The van der Waals surface area contributed by atoms with Crippen LogP contribution in [0.25, 0.3) is 0 Å². The van der Waals surface area contributed by atoms with Crippen LogP contribution in [0.5, 0.6) is 5.75 Å². The topological polar surface area (TPSA) is 101 Å². The van der Waals surface area contributed by atoms with E-state index in [0.717, 1.165) is 17.0 Å². The number of nitrogens with zero attached hydrogens (tertiary/aromatic N) is 1. The number of amides is 1. The lowest BCUT2D eigenvalue weighted by atomic mass is 9.81. The van der Waals surface area contributed by atoms with E-state index in [4.69, 9.17) is 4.74 Å². The van der Waals surface area contributed by atoms with Gasteiger partial charge >= 0.3 is 0 Å². The van der Waals surface area contributed by atoms with Gasteiger partial charge in [-0.05, 0) is 55.2 Å². The van der Waals surface area contributed by atoms with Gasteiger partial charge in [0.05, 0.1) is 7.11 Å². The second-order valence-corrected chi connectivity index (χ2v) is 7.32. The average Bonchev–Trinajstić information content (AvgIpc) is 2.73.